The molecule has 136 valence electrons. The average molecular weight is 342 g/mol. The van der Waals surface area contributed by atoms with E-state index in [1.54, 1.807) is 0 Å². The summed E-state index contributed by atoms with van der Waals surface area (Å²) in [5.74, 6) is 0.496. The van der Waals surface area contributed by atoms with Gasteiger partial charge in [-0.15, -0.1) is 0 Å². The molecule has 2 fully saturated rings. The third-order valence-electron chi connectivity index (χ3n) is 5.66. The second-order valence-corrected chi connectivity index (χ2v) is 7.85. The van der Waals surface area contributed by atoms with Crippen molar-refractivity contribution in [3.63, 3.8) is 0 Å². The third-order valence-corrected chi connectivity index (χ3v) is 5.66. The highest BCUT2D eigenvalue weighted by molar-refractivity contribution is 5.89. The van der Waals surface area contributed by atoms with Crippen molar-refractivity contribution in [3.8, 4) is 0 Å². The number of hydrogen-bond donors (Lipinski definition) is 1. The summed E-state index contributed by atoms with van der Waals surface area (Å²) in [5.41, 5.74) is 2.41. The van der Waals surface area contributed by atoms with Crippen LogP contribution in [-0.2, 0) is 16.1 Å². The Bertz CT molecular complexity index is 603. The van der Waals surface area contributed by atoms with Crippen molar-refractivity contribution < 1.29 is 9.59 Å². The van der Waals surface area contributed by atoms with E-state index in [0.717, 1.165) is 18.4 Å². The Hall–Kier alpha value is -1.84. The number of rotatable bonds is 5. The highest BCUT2D eigenvalue weighted by Gasteiger charge is 2.37. The number of nitrogens with zero attached hydrogens (tertiary/aromatic N) is 1. The SMILES string of the molecule is CC(C)c1ccc(CNC(=O)[C@@H]2CC(=O)N(C3CCCCC3)C2)cc1. The first-order valence-corrected chi connectivity index (χ1v) is 9.70. The van der Waals surface area contributed by atoms with Crippen molar-refractivity contribution in [2.24, 2.45) is 5.92 Å². The van der Waals surface area contributed by atoms with Crippen LogP contribution in [0.4, 0.5) is 0 Å². The summed E-state index contributed by atoms with van der Waals surface area (Å²) < 4.78 is 0. The van der Waals surface area contributed by atoms with Gasteiger partial charge in [0.25, 0.3) is 0 Å². The molecule has 4 nitrogen and oxygen atoms in total. The van der Waals surface area contributed by atoms with E-state index in [1.807, 2.05) is 4.90 Å². The van der Waals surface area contributed by atoms with Crippen LogP contribution < -0.4 is 5.32 Å². The predicted octanol–water partition coefficient (Wildman–Crippen LogP) is 3.61. The second kappa shape index (κ2) is 8.03. The highest BCUT2D eigenvalue weighted by atomic mass is 16.2. The average Bonchev–Trinajstić information content (AvgIpc) is 3.02. The monoisotopic (exact) mass is 342 g/mol. The third kappa shape index (κ3) is 4.42. The van der Waals surface area contributed by atoms with Crippen molar-refractivity contribution in [2.45, 2.75) is 70.9 Å². The molecular formula is C21H30N2O2. The van der Waals surface area contributed by atoms with Crippen molar-refractivity contribution in [1.82, 2.24) is 10.2 Å². The minimum Gasteiger partial charge on any atom is -0.352 e. The number of carbonyl (C=O) groups is 2. The Morgan fingerprint density at radius 2 is 1.84 bits per heavy atom. The minimum atomic E-state index is -0.190. The van der Waals surface area contributed by atoms with Crippen LogP contribution in [-0.4, -0.2) is 29.3 Å². The standard InChI is InChI=1S/C21H30N2O2/c1-15(2)17-10-8-16(9-11-17)13-22-21(25)18-12-20(24)23(14-18)19-6-4-3-5-7-19/h8-11,15,18-19H,3-7,12-14H2,1-2H3,(H,22,25)/t18-/m1/s1. The molecule has 2 amide bonds. The molecule has 25 heavy (non-hydrogen) atoms. The van der Waals surface area contributed by atoms with E-state index < -0.39 is 0 Å². The van der Waals surface area contributed by atoms with Crippen LogP contribution in [0.1, 0.15) is 69.4 Å². The maximum absolute atomic E-state index is 12.5. The summed E-state index contributed by atoms with van der Waals surface area (Å²) >= 11 is 0. The Balaban J connectivity index is 1.50. The molecule has 1 saturated heterocycles. The number of benzene rings is 1. The Kier molecular flexibility index (Phi) is 5.77. The van der Waals surface area contributed by atoms with Gasteiger partial charge in [0.1, 0.15) is 0 Å². The van der Waals surface area contributed by atoms with Gasteiger partial charge >= 0.3 is 0 Å². The van der Waals surface area contributed by atoms with E-state index in [2.05, 4.69) is 43.4 Å². The van der Waals surface area contributed by atoms with Gasteiger partial charge in [0.15, 0.2) is 0 Å². The van der Waals surface area contributed by atoms with Crippen molar-refractivity contribution >= 4 is 11.8 Å². The van der Waals surface area contributed by atoms with Gasteiger partial charge in [0.2, 0.25) is 11.8 Å². The number of hydrogen-bond acceptors (Lipinski definition) is 2. The summed E-state index contributed by atoms with van der Waals surface area (Å²) in [7, 11) is 0. The molecular weight excluding hydrogens is 312 g/mol. The molecule has 0 aromatic heterocycles. The maximum atomic E-state index is 12.5. The van der Waals surface area contributed by atoms with E-state index in [1.165, 1.54) is 24.8 Å². The normalized spacial score (nSPS) is 21.8. The number of nitrogens with one attached hydrogen (secondary N) is 1. The van der Waals surface area contributed by atoms with Crippen LogP contribution in [0.2, 0.25) is 0 Å². The summed E-state index contributed by atoms with van der Waals surface area (Å²) in [4.78, 5) is 26.8. The number of amides is 2. The predicted molar refractivity (Wildman–Crippen MR) is 99.1 cm³/mol. The van der Waals surface area contributed by atoms with Gasteiger partial charge < -0.3 is 10.2 Å². The first-order chi connectivity index (χ1) is 12.0. The molecule has 1 aliphatic carbocycles. The van der Waals surface area contributed by atoms with Gasteiger partial charge in [-0.25, -0.2) is 0 Å². The fraction of sp³-hybridized carbons (Fsp3) is 0.619. The van der Waals surface area contributed by atoms with Gasteiger partial charge in [0.05, 0.1) is 5.92 Å². The second-order valence-electron chi connectivity index (χ2n) is 7.85. The molecule has 1 aliphatic heterocycles. The molecule has 4 heteroatoms. The Morgan fingerprint density at radius 1 is 1.16 bits per heavy atom. The fourth-order valence-electron chi connectivity index (χ4n) is 4.01. The van der Waals surface area contributed by atoms with E-state index >= 15 is 0 Å². The minimum absolute atomic E-state index is 0.0135. The molecule has 1 aromatic rings. The van der Waals surface area contributed by atoms with Gasteiger partial charge in [-0.2, -0.15) is 0 Å². The smallest absolute Gasteiger partial charge is 0.225 e. The Labute approximate surface area is 151 Å². The van der Waals surface area contributed by atoms with Crippen molar-refractivity contribution in [2.75, 3.05) is 6.54 Å². The van der Waals surface area contributed by atoms with E-state index in [9.17, 15) is 9.59 Å². The molecule has 0 spiro atoms. The first-order valence-electron chi connectivity index (χ1n) is 9.70. The zero-order chi connectivity index (χ0) is 17.8. The summed E-state index contributed by atoms with van der Waals surface area (Å²) in [6.07, 6.45) is 6.26. The number of likely N-dealkylation sites (tertiary alicyclic amines) is 1. The lowest BCUT2D eigenvalue weighted by atomic mass is 9.94. The van der Waals surface area contributed by atoms with Crippen molar-refractivity contribution in [3.05, 3.63) is 35.4 Å². The topological polar surface area (TPSA) is 49.4 Å². The molecule has 0 radical (unpaired) electrons. The van der Waals surface area contributed by atoms with Gasteiger partial charge in [-0.1, -0.05) is 57.4 Å². The Morgan fingerprint density at radius 3 is 2.48 bits per heavy atom. The van der Waals surface area contributed by atoms with Crippen LogP contribution in [0.3, 0.4) is 0 Å². The van der Waals surface area contributed by atoms with Gasteiger partial charge in [0, 0.05) is 25.6 Å². The lowest BCUT2D eigenvalue weighted by Crippen LogP contribution is -2.39. The van der Waals surface area contributed by atoms with Crippen LogP contribution in [0.15, 0.2) is 24.3 Å². The molecule has 1 heterocycles. The molecule has 0 bridgehead atoms. The largest absolute Gasteiger partial charge is 0.352 e. The molecule has 1 N–H and O–H groups in total. The van der Waals surface area contributed by atoms with Crippen molar-refractivity contribution in [1.29, 1.82) is 0 Å². The molecule has 0 unspecified atom stereocenters. The zero-order valence-corrected chi connectivity index (χ0v) is 15.5. The fourth-order valence-corrected chi connectivity index (χ4v) is 4.01. The molecule has 2 aliphatic rings. The summed E-state index contributed by atoms with van der Waals surface area (Å²) in [6, 6.07) is 8.75. The lowest BCUT2D eigenvalue weighted by Gasteiger charge is -2.31. The van der Waals surface area contributed by atoms with Crippen LogP contribution in [0.25, 0.3) is 0 Å². The lowest BCUT2D eigenvalue weighted by molar-refractivity contribution is -0.130. The van der Waals surface area contributed by atoms with Gasteiger partial charge in [-0.05, 0) is 29.9 Å². The highest BCUT2D eigenvalue weighted by Crippen LogP contribution is 2.28. The van der Waals surface area contributed by atoms with Gasteiger partial charge in [-0.3, -0.25) is 9.59 Å². The zero-order valence-electron chi connectivity index (χ0n) is 15.5. The molecule has 1 aromatic carbocycles. The number of carbonyl (C=O) groups excluding carboxylic acids is 2. The van der Waals surface area contributed by atoms with E-state index in [4.69, 9.17) is 0 Å². The van der Waals surface area contributed by atoms with Crippen LogP contribution >= 0.6 is 0 Å². The summed E-state index contributed by atoms with van der Waals surface area (Å²) in [6.45, 7) is 5.48. The van der Waals surface area contributed by atoms with Crippen LogP contribution in [0.5, 0.6) is 0 Å². The first kappa shape index (κ1) is 18.0. The summed E-state index contributed by atoms with van der Waals surface area (Å²) in [5, 5.41) is 3.02. The molecule has 1 atom stereocenters. The van der Waals surface area contributed by atoms with E-state index in [0.29, 0.717) is 31.5 Å². The van der Waals surface area contributed by atoms with Crippen LogP contribution in [0, 0.1) is 5.92 Å². The van der Waals surface area contributed by atoms with E-state index in [-0.39, 0.29) is 17.7 Å². The molecule has 3 rings (SSSR count). The molecule has 1 saturated carbocycles. The maximum Gasteiger partial charge on any atom is 0.225 e. The quantitative estimate of drug-likeness (QED) is 0.889.